The molecule has 0 N–H and O–H groups in total. The van der Waals surface area contributed by atoms with Gasteiger partial charge in [0.05, 0.1) is 17.1 Å². The number of ether oxygens (including phenoxy) is 1. The summed E-state index contributed by atoms with van der Waals surface area (Å²) in [6.45, 7) is 4.52. The number of nitrogens with zero attached hydrogens (tertiary/aromatic N) is 1. The van der Waals surface area contributed by atoms with Crippen LogP contribution < -0.4 is 0 Å². The van der Waals surface area contributed by atoms with Crippen molar-refractivity contribution in [2.45, 2.75) is 44.0 Å². The Balaban J connectivity index is 2.22. The number of hydrogen-bond acceptors (Lipinski definition) is 4. The molecule has 6 heteroatoms. The standard InChI is InChI=1S/C15H21NO4S/c1-3-20-15(17)13-7-9-14(10-8-13)21(18,19)16-11-5-4-6-12(16)2/h7-10,12H,3-6,11H2,1-2H3. The molecular formula is C15H21NO4S. The van der Waals surface area contributed by atoms with Gasteiger partial charge < -0.3 is 4.74 Å². The lowest BCUT2D eigenvalue weighted by Gasteiger charge is -2.32. The molecule has 0 radical (unpaired) electrons. The Morgan fingerprint density at radius 2 is 1.95 bits per heavy atom. The number of carbonyl (C=O) groups is 1. The number of hydrogen-bond donors (Lipinski definition) is 0. The zero-order valence-electron chi connectivity index (χ0n) is 12.4. The second-order valence-electron chi connectivity index (χ2n) is 5.21. The van der Waals surface area contributed by atoms with Crippen LogP contribution in [0.25, 0.3) is 0 Å². The molecule has 1 saturated heterocycles. The summed E-state index contributed by atoms with van der Waals surface area (Å²) in [7, 11) is -3.48. The first-order valence-electron chi connectivity index (χ1n) is 7.26. The van der Waals surface area contributed by atoms with E-state index in [0.29, 0.717) is 18.7 Å². The quantitative estimate of drug-likeness (QED) is 0.801. The molecule has 1 fully saturated rings. The molecule has 21 heavy (non-hydrogen) atoms. The molecule has 5 nitrogen and oxygen atoms in total. The van der Waals surface area contributed by atoms with Crippen LogP contribution in [0.15, 0.2) is 29.2 Å². The summed E-state index contributed by atoms with van der Waals surface area (Å²) in [5, 5.41) is 0. The van der Waals surface area contributed by atoms with E-state index in [0.717, 1.165) is 19.3 Å². The van der Waals surface area contributed by atoms with Crippen molar-refractivity contribution in [3.63, 3.8) is 0 Å². The molecule has 1 atom stereocenters. The first-order chi connectivity index (χ1) is 9.96. The molecular weight excluding hydrogens is 290 g/mol. The van der Waals surface area contributed by atoms with Crippen LogP contribution in [0.2, 0.25) is 0 Å². The Morgan fingerprint density at radius 1 is 1.29 bits per heavy atom. The third-order valence-electron chi connectivity index (χ3n) is 3.71. The molecule has 1 unspecified atom stereocenters. The van der Waals surface area contributed by atoms with Gasteiger partial charge >= 0.3 is 5.97 Å². The maximum Gasteiger partial charge on any atom is 0.338 e. The van der Waals surface area contributed by atoms with Crippen LogP contribution in [-0.2, 0) is 14.8 Å². The minimum atomic E-state index is -3.48. The summed E-state index contributed by atoms with van der Waals surface area (Å²) >= 11 is 0. The average Bonchev–Trinajstić information content (AvgIpc) is 2.48. The van der Waals surface area contributed by atoms with Crippen LogP contribution in [0.4, 0.5) is 0 Å². The lowest BCUT2D eigenvalue weighted by Crippen LogP contribution is -2.41. The fourth-order valence-corrected chi connectivity index (χ4v) is 4.24. The molecule has 1 aromatic carbocycles. The third kappa shape index (κ3) is 3.44. The maximum absolute atomic E-state index is 12.6. The largest absolute Gasteiger partial charge is 0.462 e. The highest BCUT2D eigenvalue weighted by Crippen LogP contribution is 2.25. The minimum Gasteiger partial charge on any atom is -0.462 e. The first kappa shape index (κ1) is 16.0. The van der Waals surface area contributed by atoms with Crippen molar-refractivity contribution >= 4 is 16.0 Å². The molecule has 0 aromatic heterocycles. The van der Waals surface area contributed by atoms with Crippen LogP contribution >= 0.6 is 0 Å². The van der Waals surface area contributed by atoms with Crippen molar-refractivity contribution in [1.29, 1.82) is 0 Å². The van der Waals surface area contributed by atoms with Gasteiger partial charge in [0.25, 0.3) is 0 Å². The SMILES string of the molecule is CCOC(=O)c1ccc(S(=O)(=O)N2CCCCC2C)cc1. The van der Waals surface area contributed by atoms with Gasteiger partial charge in [-0.05, 0) is 51.0 Å². The van der Waals surface area contributed by atoms with Crippen LogP contribution in [0.5, 0.6) is 0 Å². The van der Waals surface area contributed by atoms with Crippen LogP contribution in [0, 0.1) is 0 Å². The molecule has 0 saturated carbocycles. The van der Waals surface area contributed by atoms with E-state index in [-0.39, 0.29) is 10.9 Å². The van der Waals surface area contributed by atoms with Gasteiger partial charge in [-0.25, -0.2) is 13.2 Å². The van der Waals surface area contributed by atoms with Gasteiger partial charge in [-0.1, -0.05) is 6.42 Å². The van der Waals surface area contributed by atoms with Gasteiger partial charge in [0, 0.05) is 12.6 Å². The van der Waals surface area contributed by atoms with Gasteiger partial charge in [-0.2, -0.15) is 4.31 Å². The third-order valence-corrected chi connectivity index (χ3v) is 5.74. The second-order valence-corrected chi connectivity index (χ2v) is 7.10. The van der Waals surface area contributed by atoms with Crippen LogP contribution in [0.1, 0.15) is 43.5 Å². The Morgan fingerprint density at radius 3 is 2.52 bits per heavy atom. The normalized spacial score (nSPS) is 20.2. The highest BCUT2D eigenvalue weighted by atomic mass is 32.2. The van der Waals surface area contributed by atoms with E-state index in [1.807, 2.05) is 6.92 Å². The summed E-state index contributed by atoms with van der Waals surface area (Å²) in [6, 6.07) is 5.97. The Labute approximate surface area is 126 Å². The summed E-state index contributed by atoms with van der Waals surface area (Å²) < 4.78 is 31.7. The Kier molecular flexibility index (Phi) is 5.00. The molecule has 2 rings (SSSR count). The molecule has 0 bridgehead atoms. The van der Waals surface area contributed by atoms with Crippen molar-refractivity contribution < 1.29 is 17.9 Å². The zero-order valence-corrected chi connectivity index (χ0v) is 13.2. The Bertz CT molecular complexity index is 595. The maximum atomic E-state index is 12.6. The van der Waals surface area contributed by atoms with Crippen molar-refractivity contribution in [2.24, 2.45) is 0 Å². The van der Waals surface area contributed by atoms with E-state index < -0.39 is 16.0 Å². The number of sulfonamides is 1. The van der Waals surface area contributed by atoms with Crippen LogP contribution in [-0.4, -0.2) is 37.9 Å². The fourth-order valence-electron chi connectivity index (χ4n) is 2.54. The molecule has 1 aliphatic rings. The molecule has 0 aliphatic carbocycles. The summed E-state index contributed by atoms with van der Waals surface area (Å²) in [4.78, 5) is 11.8. The van der Waals surface area contributed by atoms with Crippen LogP contribution in [0.3, 0.4) is 0 Å². The summed E-state index contributed by atoms with van der Waals surface area (Å²) in [5.74, 6) is -0.437. The summed E-state index contributed by atoms with van der Waals surface area (Å²) in [6.07, 6.45) is 2.85. The highest BCUT2D eigenvalue weighted by Gasteiger charge is 2.30. The molecule has 1 aliphatic heterocycles. The van der Waals surface area contributed by atoms with Gasteiger partial charge in [0.2, 0.25) is 10.0 Å². The topological polar surface area (TPSA) is 63.7 Å². The Hall–Kier alpha value is -1.40. The number of rotatable bonds is 4. The number of carbonyl (C=O) groups excluding carboxylic acids is 1. The van der Waals surface area contributed by atoms with E-state index in [2.05, 4.69) is 0 Å². The monoisotopic (exact) mass is 311 g/mol. The first-order valence-corrected chi connectivity index (χ1v) is 8.70. The number of piperidine rings is 1. The predicted molar refractivity (Wildman–Crippen MR) is 79.6 cm³/mol. The summed E-state index contributed by atoms with van der Waals surface area (Å²) in [5.41, 5.74) is 0.363. The molecule has 1 aromatic rings. The van der Waals surface area contributed by atoms with E-state index >= 15 is 0 Å². The lowest BCUT2D eigenvalue weighted by molar-refractivity contribution is 0.0526. The van der Waals surface area contributed by atoms with Gasteiger partial charge in [0.1, 0.15) is 0 Å². The molecule has 0 amide bonds. The van der Waals surface area contributed by atoms with E-state index in [1.54, 1.807) is 11.2 Å². The average molecular weight is 311 g/mol. The van der Waals surface area contributed by atoms with Crippen molar-refractivity contribution in [3.05, 3.63) is 29.8 Å². The number of benzene rings is 1. The van der Waals surface area contributed by atoms with Crippen molar-refractivity contribution in [3.8, 4) is 0 Å². The van der Waals surface area contributed by atoms with E-state index in [1.165, 1.54) is 24.3 Å². The lowest BCUT2D eigenvalue weighted by atomic mass is 10.1. The molecule has 1 heterocycles. The molecule has 116 valence electrons. The van der Waals surface area contributed by atoms with E-state index in [9.17, 15) is 13.2 Å². The fraction of sp³-hybridized carbons (Fsp3) is 0.533. The van der Waals surface area contributed by atoms with Gasteiger partial charge in [-0.15, -0.1) is 0 Å². The zero-order chi connectivity index (χ0) is 15.5. The van der Waals surface area contributed by atoms with Gasteiger partial charge in [-0.3, -0.25) is 0 Å². The molecule has 0 spiro atoms. The smallest absolute Gasteiger partial charge is 0.338 e. The highest BCUT2D eigenvalue weighted by molar-refractivity contribution is 7.89. The second kappa shape index (κ2) is 6.58. The minimum absolute atomic E-state index is 0.0217. The number of esters is 1. The van der Waals surface area contributed by atoms with Gasteiger partial charge in [0.15, 0.2) is 0 Å². The van der Waals surface area contributed by atoms with Crippen molar-refractivity contribution in [2.75, 3.05) is 13.2 Å². The predicted octanol–water partition coefficient (Wildman–Crippen LogP) is 2.43. The van der Waals surface area contributed by atoms with Crippen molar-refractivity contribution in [1.82, 2.24) is 4.31 Å². The van der Waals surface area contributed by atoms with E-state index in [4.69, 9.17) is 4.74 Å².